The smallest absolute Gasteiger partial charge is 0.246 e. The van der Waals surface area contributed by atoms with Gasteiger partial charge in [0, 0.05) is 18.2 Å². The predicted molar refractivity (Wildman–Crippen MR) is 151 cm³/mol. The van der Waals surface area contributed by atoms with E-state index < -0.39 is 12.1 Å². The lowest BCUT2D eigenvalue weighted by atomic mass is 9.95. The number of hydrogen-bond donors (Lipinski definition) is 3. The minimum absolute atomic E-state index is 0.206. The SMILES string of the molecule is COc1cc2c(c(OC)c1OC)-c1ccc(NC(C)C(=O)Nc3ccccc3)c(=O)cc1C(NC(C)=O)CC2. The number of anilines is 2. The number of ether oxygens (including phenoxy) is 3. The van der Waals surface area contributed by atoms with E-state index in [1.165, 1.54) is 20.1 Å². The molecule has 0 aliphatic heterocycles. The molecule has 0 spiro atoms. The Labute approximate surface area is 227 Å². The first kappa shape index (κ1) is 27.5. The second-order valence-electron chi connectivity index (χ2n) is 9.32. The fourth-order valence-corrected chi connectivity index (χ4v) is 4.90. The summed E-state index contributed by atoms with van der Waals surface area (Å²) in [6, 6.07) is 14.9. The number of carbonyl (C=O) groups is 2. The summed E-state index contributed by atoms with van der Waals surface area (Å²) in [4.78, 5) is 38.4. The lowest BCUT2D eigenvalue weighted by Gasteiger charge is -2.19. The summed E-state index contributed by atoms with van der Waals surface area (Å²) in [5.41, 5.74) is 3.65. The van der Waals surface area contributed by atoms with Crippen molar-refractivity contribution < 1.29 is 23.8 Å². The van der Waals surface area contributed by atoms with Crippen LogP contribution in [0.4, 0.5) is 11.4 Å². The third-order valence-electron chi connectivity index (χ3n) is 6.72. The second kappa shape index (κ2) is 11.9. The summed E-state index contributed by atoms with van der Waals surface area (Å²) in [7, 11) is 4.65. The zero-order chi connectivity index (χ0) is 28.1. The number of benzene rings is 2. The Morgan fingerprint density at radius 3 is 2.31 bits per heavy atom. The number of methoxy groups -OCH3 is 3. The maximum Gasteiger partial charge on any atom is 0.246 e. The first-order chi connectivity index (χ1) is 18.8. The highest BCUT2D eigenvalue weighted by atomic mass is 16.5. The number of rotatable bonds is 8. The third kappa shape index (κ3) is 5.82. The molecule has 1 aliphatic rings. The lowest BCUT2D eigenvalue weighted by molar-refractivity contribution is -0.119. The average molecular weight is 532 g/mol. The van der Waals surface area contributed by atoms with Gasteiger partial charge in [-0.05, 0) is 66.8 Å². The number of amides is 2. The molecule has 0 aromatic heterocycles. The molecular formula is C30H33N3O6. The van der Waals surface area contributed by atoms with Crippen LogP contribution in [0.2, 0.25) is 0 Å². The van der Waals surface area contributed by atoms with E-state index >= 15 is 0 Å². The van der Waals surface area contributed by atoms with Crippen molar-refractivity contribution in [3.63, 3.8) is 0 Å². The molecule has 204 valence electrons. The molecule has 0 fully saturated rings. The van der Waals surface area contributed by atoms with E-state index in [1.807, 2.05) is 30.3 Å². The van der Waals surface area contributed by atoms with Crippen molar-refractivity contribution in [3.8, 4) is 28.4 Å². The fraction of sp³-hybridized carbons (Fsp3) is 0.300. The molecule has 2 amide bonds. The summed E-state index contributed by atoms with van der Waals surface area (Å²) < 4.78 is 17.0. The molecule has 0 radical (unpaired) electrons. The molecular weight excluding hydrogens is 498 g/mol. The molecule has 2 unspecified atom stereocenters. The van der Waals surface area contributed by atoms with Crippen LogP contribution in [0.3, 0.4) is 0 Å². The number of aryl methyl sites for hydroxylation is 1. The normalized spacial score (nSPS) is 14.5. The van der Waals surface area contributed by atoms with Gasteiger partial charge in [0.05, 0.1) is 33.1 Å². The van der Waals surface area contributed by atoms with E-state index in [1.54, 1.807) is 39.3 Å². The second-order valence-corrected chi connectivity index (χ2v) is 9.32. The molecule has 0 bridgehead atoms. The molecule has 39 heavy (non-hydrogen) atoms. The van der Waals surface area contributed by atoms with E-state index in [0.717, 1.165) is 11.1 Å². The van der Waals surface area contributed by atoms with Crippen LogP contribution in [-0.2, 0) is 16.0 Å². The highest BCUT2D eigenvalue weighted by Crippen LogP contribution is 2.50. The van der Waals surface area contributed by atoms with Crippen LogP contribution < -0.4 is 35.6 Å². The number of fused-ring (bicyclic) bond motifs is 3. The number of carbonyl (C=O) groups excluding carboxylic acids is 2. The first-order valence-corrected chi connectivity index (χ1v) is 12.7. The maximum absolute atomic E-state index is 13.5. The van der Waals surface area contributed by atoms with E-state index in [-0.39, 0.29) is 22.9 Å². The summed E-state index contributed by atoms with van der Waals surface area (Å²) in [6.45, 7) is 3.14. The Balaban J connectivity index is 1.82. The van der Waals surface area contributed by atoms with Crippen LogP contribution >= 0.6 is 0 Å². The summed E-state index contributed by atoms with van der Waals surface area (Å²) in [6.07, 6.45) is 1.16. The number of para-hydroxylation sites is 1. The van der Waals surface area contributed by atoms with E-state index in [0.29, 0.717) is 46.9 Å². The Hall–Kier alpha value is -4.53. The van der Waals surface area contributed by atoms with Crippen molar-refractivity contribution in [3.05, 3.63) is 75.9 Å². The molecule has 0 heterocycles. The van der Waals surface area contributed by atoms with Gasteiger partial charge in [-0.2, -0.15) is 0 Å². The minimum atomic E-state index is -0.697. The van der Waals surface area contributed by atoms with Gasteiger partial charge in [0.25, 0.3) is 0 Å². The minimum Gasteiger partial charge on any atom is -0.493 e. The van der Waals surface area contributed by atoms with Crippen molar-refractivity contribution in [2.75, 3.05) is 32.0 Å². The van der Waals surface area contributed by atoms with E-state index in [9.17, 15) is 14.4 Å². The fourth-order valence-electron chi connectivity index (χ4n) is 4.90. The molecule has 9 nitrogen and oxygen atoms in total. The van der Waals surface area contributed by atoms with Crippen molar-refractivity contribution in [2.24, 2.45) is 0 Å². The van der Waals surface area contributed by atoms with Gasteiger partial charge >= 0.3 is 0 Å². The van der Waals surface area contributed by atoms with Gasteiger partial charge in [0.2, 0.25) is 23.0 Å². The van der Waals surface area contributed by atoms with Gasteiger partial charge in [-0.15, -0.1) is 0 Å². The van der Waals surface area contributed by atoms with Crippen molar-refractivity contribution in [2.45, 2.75) is 38.8 Å². The summed E-state index contributed by atoms with van der Waals surface area (Å²) >= 11 is 0. The third-order valence-corrected chi connectivity index (χ3v) is 6.72. The number of nitrogens with one attached hydrogen (secondary N) is 3. The van der Waals surface area contributed by atoms with Gasteiger partial charge in [-0.3, -0.25) is 14.4 Å². The molecule has 0 saturated carbocycles. The number of hydrogen-bond acceptors (Lipinski definition) is 7. The molecule has 9 heteroatoms. The highest BCUT2D eigenvalue weighted by molar-refractivity contribution is 5.96. The molecule has 4 rings (SSSR count). The monoisotopic (exact) mass is 531 g/mol. The van der Waals surface area contributed by atoms with E-state index in [2.05, 4.69) is 16.0 Å². The molecule has 1 aliphatic carbocycles. The van der Waals surface area contributed by atoms with Crippen molar-refractivity contribution >= 4 is 23.2 Å². The molecule has 3 N–H and O–H groups in total. The Bertz CT molecular complexity index is 1440. The molecule has 3 aromatic carbocycles. The largest absolute Gasteiger partial charge is 0.493 e. The summed E-state index contributed by atoms with van der Waals surface area (Å²) in [5, 5.41) is 8.88. The molecule has 0 saturated heterocycles. The van der Waals surface area contributed by atoms with Crippen LogP contribution in [0.5, 0.6) is 17.2 Å². The molecule has 2 atom stereocenters. The van der Waals surface area contributed by atoms with Gasteiger partial charge in [-0.25, -0.2) is 0 Å². The Morgan fingerprint density at radius 2 is 1.67 bits per heavy atom. The first-order valence-electron chi connectivity index (χ1n) is 12.7. The van der Waals surface area contributed by atoms with Crippen molar-refractivity contribution in [1.29, 1.82) is 0 Å². The zero-order valence-electron chi connectivity index (χ0n) is 22.7. The van der Waals surface area contributed by atoms with Crippen LogP contribution in [0.15, 0.2) is 59.4 Å². The lowest BCUT2D eigenvalue weighted by Crippen LogP contribution is -2.33. The van der Waals surface area contributed by atoms with Gasteiger partial charge < -0.3 is 30.2 Å². The zero-order valence-corrected chi connectivity index (χ0v) is 22.7. The Morgan fingerprint density at radius 1 is 0.949 bits per heavy atom. The highest BCUT2D eigenvalue weighted by Gasteiger charge is 2.29. The van der Waals surface area contributed by atoms with Crippen LogP contribution in [0.1, 0.15) is 37.4 Å². The van der Waals surface area contributed by atoms with Crippen LogP contribution in [0.25, 0.3) is 11.1 Å². The van der Waals surface area contributed by atoms with Gasteiger partial charge in [0.15, 0.2) is 11.5 Å². The van der Waals surface area contributed by atoms with E-state index in [4.69, 9.17) is 14.2 Å². The quantitative estimate of drug-likeness (QED) is 0.397. The van der Waals surface area contributed by atoms with Gasteiger partial charge in [-0.1, -0.05) is 24.3 Å². The standard InChI is InChI=1S/C30H33N3O6/c1-17(30(36)33-20-9-7-6-8-10-20)31-24-14-12-21-22(16-25(24)35)23(32-18(2)34)13-11-19-15-26(37-3)28(38-4)29(39-5)27(19)21/h6-10,12,14-17,23H,11,13H2,1-5H3,(H,31,35)(H,32,34)(H,33,36). The Kier molecular flexibility index (Phi) is 8.39. The maximum atomic E-state index is 13.5. The van der Waals surface area contributed by atoms with Gasteiger partial charge in [0.1, 0.15) is 6.04 Å². The topological polar surface area (TPSA) is 115 Å². The molecule has 3 aromatic rings. The average Bonchev–Trinajstić information content (AvgIpc) is 3.16. The van der Waals surface area contributed by atoms with Crippen LogP contribution in [-0.4, -0.2) is 39.2 Å². The van der Waals surface area contributed by atoms with Crippen molar-refractivity contribution in [1.82, 2.24) is 5.32 Å². The summed E-state index contributed by atoms with van der Waals surface area (Å²) in [5.74, 6) is 0.940. The predicted octanol–water partition coefficient (Wildman–Crippen LogP) is 4.30. The van der Waals surface area contributed by atoms with Crippen LogP contribution in [0, 0.1) is 0 Å².